The molecule has 0 aromatic carbocycles. The van der Waals surface area contributed by atoms with Gasteiger partial charge in [0.25, 0.3) is 0 Å². The molecule has 9 heteroatoms. The van der Waals surface area contributed by atoms with Crippen molar-refractivity contribution in [3.05, 3.63) is 17.5 Å². The molecule has 1 aliphatic rings. The number of carbonyl (C=O) groups excluding carboxylic acids is 1. The molecule has 124 valence electrons. The number of anilines is 1. The summed E-state index contributed by atoms with van der Waals surface area (Å²) in [7, 11) is 0. The lowest BCUT2D eigenvalue weighted by molar-refractivity contribution is -0.195. The van der Waals surface area contributed by atoms with Crippen LogP contribution in [0, 0.1) is 18.3 Å². The fraction of sp³-hybridized carbons (Fsp3) is 0.571. The first-order valence-corrected chi connectivity index (χ1v) is 7.07. The van der Waals surface area contributed by atoms with Gasteiger partial charge < -0.3 is 10.2 Å². The number of halogens is 3. The van der Waals surface area contributed by atoms with Crippen LogP contribution in [0.3, 0.4) is 0 Å². The first-order chi connectivity index (χ1) is 10.7. The fourth-order valence-electron chi connectivity index (χ4n) is 2.65. The zero-order chi connectivity index (χ0) is 17.2. The summed E-state index contributed by atoms with van der Waals surface area (Å²) in [5, 5.41) is 11.8. The van der Waals surface area contributed by atoms with Gasteiger partial charge in [0, 0.05) is 25.2 Å². The van der Waals surface area contributed by atoms with Gasteiger partial charge in [0.2, 0.25) is 11.9 Å². The van der Waals surface area contributed by atoms with Gasteiger partial charge in [-0.2, -0.15) is 18.4 Å². The molecule has 0 aliphatic carbocycles. The average molecular weight is 327 g/mol. The van der Waals surface area contributed by atoms with Crippen molar-refractivity contribution in [2.75, 3.05) is 11.9 Å². The Kier molecular flexibility index (Phi) is 4.73. The second-order valence-electron chi connectivity index (χ2n) is 5.48. The first-order valence-electron chi connectivity index (χ1n) is 7.07. The van der Waals surface area contributed by atoms with Gasteiger partial charge in [-0.05, 0) is 25.8 Å². The Morgan fingerprint density at radius 3 is 2.70 bits per heavy atom. The Morgan fingerprint density at radius 2 is 2.13 bits per heavy atom. The second kappa shape index (κ2) is 6.40. The highest BCUT2D eigenvalue weighted by Gasteiger charge is 2.47. The van der Waals surface area contributed by atoms with E-state index in [0.717, 1.165) is 11.8 Å². The van der Waals surface area contributed by atoms with Crippen LogP contribution in [0.4, 0.5) is 19.1 Å². The van der Waals surface area contributed by atoms with Crippen molar-refractivity contribution in [2.24, 2.45) is 0 Å². The van der Waals surface area contributed by atoms with Gasteiger partial charge in [-0.1, -0.05) is 0 Å². The molecule has 2 rings (SSSR count). The molecule has 1 aromatic heterocycles. The number of hydrogen-bond acceptors (Lipinski definition) is 5. The number of aromatic nitrogens is 2. The van der Waals surface area contributed by atoms with E-state index in [2.05, 4.69) is 15.3 Å². The lowest BCUT2D eigenvalue weighted by Gasteiger charge is -2.40. The molecule has 1 fully saturated rings. The van der Waals surface area contributed by atoms with Gasteiger partial charge in [-0.3, -0.25) is 4.79 Å². The largest absolute Gasteiger partial charge is 0.408 e. The number of likely N-dealkylation sites (tertiary alicyclic amines) is 1. The summed E-state index contributed by atoms with van der Waals surface area (Å²) < 4.78 is 38.9. The predicted molar refractivity (Wildman–Crippen MR) is 75.4 cm³/mol. The Bertz CT molecular complexity index is 640. The minimum atomic E-state index is -4.44. The number of nitriles is 1. The summed E-state index contributed by atoms with van der Waals surface area (Å²) in [6.45, 7) is 2.73. The lowest BCUT2D eigenvalue weighted by Crippen LogP contribution is -2.55. The standard InChI is InChI=1S/C14H16F3N5O/c1-8-5-11(6-18)21-13(19-8)20-10-3-4-12(14(15,16)17)22(7-10)9(2)23/h5,10,12H,3-4,7H2,1-2H3,(H,19,20,21)/t10-,12-/m1/s1. The van der Waals surface area contributed by atoms with Gasteiger partial charge in [0.15, 0.2) is 0 Å². The predicted octanol–water partition coefficient (Wildman–Crippen LogP) is 2.01. The number of rotatable bonds is 2. The Morgan fingerprint density at radius 1 is 1.43 bits per heavy atom. The molecule has 23 heavy (non-hydrogen) atoms. The van der Waals surface area contributed by atoms with Gasteiger partial charge in [-0.25, -0.2) is 9.97 Å². The van der Waals surface area contributed by atoms with E-state index in [-0.39, 0.29) is 31.0 Å². The molecule has 6 nitrogen and oxygen atoms in total. The van der Waals surface area contributed by atoms with Gasteiger partial charge in [0.1, 0.15) is 17.8 Å². The minimum Gasteiger partial charge on any atom is -0.350 e. The van der Waals surface area contributed by atoms with Gasteiger partial charge in [-0.15, -0.1) is 0 Å². The summed E-state index contributed by atoms with van der Waals surface area (Å²) in [6, 6.07) is 1.25. The van der Waals surface area contributed by atoms with Crippen molar-refractivity contribution in [2.45, 2.75) is 44.9 Å². The first kappa shape index (κ1) is 17.0. The van der Waals surface area contributed by atoms with E-state index < -0.39 is 24.2 Å². The van der Waals surface area contributed by atoms with Crippen LogP contribution in [0.2, 0.25) is 0 Å². The van der Waals surface area contributed by atoms with E-state index in [4.69, 9.17) is 5.26 Å². The van der Waals surface area contributed by atoms with Gasteiger partial charge in [0.05, 0.1) is 0 Å². The third kappa shape index (κ3) is 4.09. The fourth-order valence-corrected chi connectivity index (χ4v) is 2.65. The summed E-state index contributed by atoms with van der Waals surface area (Å²) in [4.78, 5) is 20.4. The van der Waals surface area contributed by atoms with E-state index in [1.54, 1.807) is 6.92 Å². The van der Waals surface area contributed by atoms with Crippen molar-refractivity contribution in [1.29, 1.82) is 5.26 Å². The molecule has 0 bridgehead atoms. The van der Waals surface area contributed by atoms with Crippen LogP contribution in [0.25, 0.3) is 0 Å². The topological polar surface area (TPSA) is 81.9 Å². The molecule has 1 aromatic rings. The highest BCUT2D eigenvalue weighted by molar-refractivity contribution is 5.74. The maximum atomic E-state index is 13.0. The zero-order valence-corrected chi connectivity index (χ0v) is 12.7. The number of nitrogens with zero attached hydrogens (tertiary/aromatic N) is 4. The molecule has 0 spiro atoms. The third-order valence-electron chi connectivity index (χ3n) is 3.67. The quantitative estimate of drug-likeness (QED) is 0.898. The van der Waals surface area contributed by atoms with Crippen LogP contribution in [0.1, 0.15) is 31.2 Å². The SMILES string of the molecule is CC(=O)N1C[C@H](Nc2nc(C)cc(C#N)n2)CC[C@@H]1C(F)(F)F. The second-order valence-corrected chi connectivity index (χ2v) is 5.48. The van der Waals surface area contributed by atoms with Crippen LogP contribution < -0.4 is 5.32 Å². The number of nitrogens with one attached hydrogen (secondary N) is 1. The molecular weight excluding hydrogens is 311 g/mol. The number of carbonyl (C=O) groups is 1. The Hall–Kier alpha value is -2.37. The third-order valence-corrected chi connectivity index (χ3v) is 3.67. The molecule has 0 saturated carbocycles. The zero-order valence-electron chi connectivity index (χ0n) is 12.7. The molecular formula is C14H16F3N5O. The highest BCUT2D eigenvalue weighted by atomic mass is 19.4. The number of alkyl halides is 3. The summed E-state index contributed by atoms with van der Waals surface area (Å²) in [5.41, 5.74) is 0.749. The van der Waals surface area contributed by atoms with E-state index >= 15 is 0 Å². The van der Waals surface area contributed by atoms with Crippen LogP contribution in [0.15, 0.2) is 6.07 Å². The maximum Gasteiger partial charge on any atom is 0.408 e. The van der Waals surface area contributed by atoms with Gasteiger partial charge >= 0.3 is 6.18 Å². The van der Waals surface area contributed by atoms with Crippen LogP contribution >= 0.6 is 0 Å². The molecule has 1 aliphatic heterocycles. The monoisotopic (exact) mass is 327 g/mol. The number of piperidine rings is 1. The average Bonchev–Trinajstić information content (AvgIpc) is 2.45. The molecule has 2 heterocycles. The van der Waals surface area contributed by atoms with Crippen molar-refractivity contribution in [1.82, 2.24) is 14.9 Å². The van der Waals surface area contributed by atoms with Crippen molar-refractivity contribution < 1.29 is 18.0 Å². The van der Waals surface area contributed by atoms with Crippen molar-refractivity contribution in [3.63, 3.8) is 0 Å². The molecule has 1 saturated heterocycles. The summed E-state index contributed by atoms with van der Waals surface area (Å²) >= 11 is 0. The number of aryl methyl sites for hydroxylation is 1. The van der Waals surface area contributed by atoms with Crippen molar-refractivity contribution in [3.8, 4) is 6.07 Å². The highest BCUT2D eigenvalue weighted by Crippen LogP contribution is 2.32. The molecule has 0 radical (unpaired) electrons. The Labute approximate surface area is 131 Å². The normalized spacial score (nSPS) is 21.7. The molecule has 1 amide bonds. The summed E-state index contributed by atoms with van der Waals surface area (Å²) in [5.74, 6) is -0.442. The Balaban J connectivity index is 2.13. The van der Waals surface area contributed by atoms with Crippen LogP contribution in [-0.4, -0.2) is 45.6 Å². The van der Waals surface area contributed by atoms with E-state index in [1.807, 2.05) is 6.07 Å². The van der Waals surface area contributed by atoms with E-state index in [0.29, 0.717) is 5.69 Å². The molecule has 1 N–H and O–H groups in total. The van der Waals surface area contributed by atoms with Crippen molar-refractivity contribution >= 4 is 11.9 Å². The number of hydrogen-bond donors (Lipinski definition) is 1. The van der Waals surface area contributed by atoms with E-state index in [1.165, 1.54) is 6.07 Å². The maximum absolute atomic E-state index is 13.0. The van der Waals surface area contributed by atoms with E-state index in [9.17, 15) is 18.0 Å². The smallest absolute Gasteiger partial charge is 0.350 e. The molecule has 0 unspecified atom stereocenters. The molecule has 2 atom stereocenters. The van der Waals surface area contributed by atoms with Crippen LogP contribution in [0.5, 0.6) is 0 Å². The summed E-state index contributed by atoms with van der Waals surface area (Å²) in [6.07, 6.45) is -4.39. The number of amides is 1. The van der Waals surface area contributed by atoms with Crippen LogP contribution in [-0.2, 0) is 4.79 Å². The minimum absolute atomic E-state index is 0.0846. The lowest BCUT2D eigenvalue weighted by atomic mass is 9.97.